The van der Waals surface area contributed by atoms with Gasteiger partial charge >= 0.3 is 0 Å². The number of carbonyl (C=O) groups excluding carboxylic acids is 5. The molecular formula is C41H49N3O8. The number of nitrogens with zero attached hydrogens (tertiary/aromatic N) is 1. The van der Waals surface area contributed by atoms with E-state index in [1.165, 1.54) is 27.2 Å². The van der Waals surface area contributed by atoms with Crippen molar-refractivity contribution in [2.24, 2.45) is 29.4 Å². The lowest BCUT2D eigenvalue weighted by Gasteiger charge is -2.32. The first-order valence-electron chi connectivity index (χ1n) is 17.4. The highest BCUT2D eigenvalue weighted by Crippen LogP contribution is 2.31. The van der Waals surface area contributed by atoms with Crippen molar-refractivity contribution in [2.45, 2.75) is 65.3 Å². The molecule has 2 bridgehead atoms. The summed E-state index contributed by atoms with van der Waals surface area (Å²) in [6, 6.07) is 12.6. The number of hydrogen-bond donors (Lipinski definition) is 3. The van der Waals surface area contributed by atoms with Gasteiger partial charge in [-0.2, -0.15) is 0 Å². The maximum Gasteiger partial charge on any atom is 0.254 e. The fourth-order valence-corrected chi connectivity index (χ4v) is 7.12. The summed E-state index contributed by atoms with van der Waals surface area (Å²) >= 11 is 0. The van der Waals surface area contributed by atoms with Gasteiger partial charge in [-0.3, -0.25) is 28.9 Å². The molecule has 2 amide bonds. The monoisotopic (exact) mass is 711 g/mol. The summed E-state index contributed by atoms with van der Waals surface area (Å²) in [4.78, 5) is 68.9. The van der Waals surface area contributed by atoms with E-state index in [1.807, 2.05) is 45.0 Å². The first kappa shape index (κ1) is 39.9. The van der Waals surface area contributed by atoms with E-state index in [0.717, 1.165) is 21.9 Å². The Morgan fingerprint density at radius 2 is 1.69 bits per heavy atom. The number of aliphatic hydroxyl groups is 1. The molecule has 2 aromatic rings. The number of amides is 2. The predicted molar refractivity (Wildman–Crippen MR) is 198 cm³/mol. The smallest absolute Gasteiger partial charge is 0.254 e. The van der Waals surface area contributed by atoms with Gasteiger partial charge in [-0.15, -0.1) is 0 Å². The number of rotatable bonds is 7. The summed E-state index contributed by atoms with van der Waals surface area (Å²) in [7, 11) is 2.96. The zero-order chi connectivity index (χ0) is 38.3. The van der Waals surface area contributed by atoms with Crippen molar-refractivity contribution in [3.63, 3.8) is 0 Å². The van der Waals surface area contributed by atoms with Crippen LogP contribution in [0.2, 0.25) is 0 Å². The Morgan fingerprint density at radius 3 is 2.37 bits per heavy atom. The van der Waals surface area contributed by atoms with Gasteiger partial charge in [0.05, 0.1) is 42.2 Å². The van der Waals surface area contributed by atoms with E-state index >= 15 is 0 Å². The van der Waals surface area contributed by atoms with Crippen LogP contribution in [0.25, 0.3) is 10.8 Å². The van der Waals surface area contributed by atoms with Crippen molar-refractivity contribution in [2.75, 3.05) is 20.8 Å². The van der Waals surface area contributed by atoms with Gasteiger partial charge < -0.3 is 25.7 Å². The van der Waals surface area contributed by atoms with Crippen LogP contribution in [0, 0.1) is 29.1 Å². The maximum atomic E-state index is 14.2. The summed E-state index contributed by atoms with van der Waals surface area (Å²) in [5.74, 6) is -5.41. The zero-order valence-corrected chi connectivity index (χ0v) is 30.6. The summed E-state index contributed by atoms with van der Waals surface area (Å²) < 4.78 is 11.5. The molecule has 0 saturated heterocycles. The zero-order valence-electron chi connectivity index (χ0n) is 30.6. The number of nitrogens with one attached hydrogen (secondary N) is 1. The van der Waals surface area contributed by atoms with E-state index in [2.05, 4.69) is 0 Å². The number of ether oxygens (including phenoxy) is 2. The van der Waals surface area contributed by atoms with Gasteiger partial charge in [-0.1, -0.05) is 86.2 Å². The second-order valence-electron chi connectivity index (χ2n) is 13.9. The highest BCUT2D eigenvalue weighted by Gasteiger charge is 2.40. The fourth-order valence-electron chi connectivity index (χ4n) is 7.12. The molecule has 2 aliphatic rings. The first-order chi connectivity index (χ1) is 24.7. The summed E-state index contributed by atoms with van der Waals surface area (Å²) in [6.45, 7) is 6.50. The molecule has 4 rings (SSSR count). The molecule has 1 aliphatic carbocycles. The Hall–Kier alpha value is -4.84. The lowest BCUT2D eigenvalue weighted by atomic mass is 9.79. The molecule has 4 N–H and O–H groups in total. The topological polar surface area (TPSA) is 177 Å². The molecule has 11 nitrogen and oxygen atoms in total. The van der Waals surface area contributed by atoms with Crippen molar-refractivity contribution in [1.82, 2.24) is 4.90 Å². The molecule has 0 fully saturated rings. The normalized spacial score (nSPS) is 26.9. The third-order valence-corrected chi connectivity index (χ3v) is 10.1. The number of primary amides is 1. The number of Topliss-reactive ketones (excluding diaryl/α,β-unsaturated/α-hetero) is 2. The molecule has 0 saturated carbocycles. The third kappa shape index (κ3) is 9.14. The van der Waals surface area contributed by atoms with Gasteiger partial charge in [0.2, 0.25) is 11.7 Å². The number of carbonyl (C=O) groups is 5. The molecule has 0 spiro atoms. The number of hydrogen-bond acceptors (Lipinski definition) is 9. The minimum atomic E-state index is -1.18. The van der Waals surface area contributed by atoms with Crippen LogP contribution < -0.4 is 5.73 Å². The average molecular weight is 712 g/mol. The number of nitrogens with two attached hydrogens (primary N) is 1. The average Bonchev–Trinajstić information content (AvgIpc) is 3.12. The molecule has 11 heteroatoms. The summed E-state index contributed by atoms with van der Waals surface area (Å²) in [5, 5.41) is 21.5. The maximum absolute atomic E-state index is 14.2. The summed E-state index contributed by atoms with van der Waals surface area (Å²) in [5.41, 5.74) is 6.23. The van der Waals surface area contributed by atoms with Crippen molar-refractivity contribution in [1.29, 1.82) is 5.41 Å². The molecule has 2 aromatic carbocycles. The number of methoxy groups -OCH3 is 2. The van der Waals surface area contributed by atoms with Crippen LogP contribution in [-0.4, -0.2) is 84.0 Å². The molecule has 7 atom stereocenters. The molecule has 1 heterocycles. The number of ketones is 3. The van der Waals surface area contributed by atoms with Crippen LogP contribution in [0.4, 0.5) is 0 Å². The van der Waals surface area contributed by atoms with Crippen LogP contribution in [0.5, 0.6) is 0 Å². The second kappa shape index (κ2) is 17.6. The van der Waals surface area contributed by atoms with Gasteiger partial charge in [-0.25, -0.2) is 0 Å². The standard InChI is InChI=1S/C41H49N3O8/c1-23-17-31-38(43)33(45)21-32(40(31)49)44(22-34(46)29-15-10-13-27-12-7-8-14-28(27)29)41(50)24(2)11-9-16-35(51-5)30(20-37(42)47)25(3)19-26(4)39(48)36(18-23)52-6/h7-16,19,21,23,26,30-31,35-36,39,43,48H,17-18,20,22H2,1-6H3,(H2,42,47)/t23-,26+,30+,31?,35+,36+,39-/m1/s1. The largest absolute Gasteiger partial charge is 0.390 e. The molecule has 52 heavy (non-hydrogen) atoms. The van der Waals surface area contributed by atoms with Crippen molar-refractivity contribution < 1.29 is 38.6 Å². The number of aliphatic hydroxyl groups excluding tert-OH is 1. The Bertz CT molecular complexity index is 1850. The van der Waals surface area contributed by atoms with E-state index in [1.54, 1.807) is 36.4 Å². The van der Waals surface area contributed by atoms with Gasteiger partial charge in [-0.05, 0) is 43.4 Å². The lowest BCUT2D eigenvalue weighted by molar-refractivity contribution is -0.129. The van der Waals surface area contributed by atoms with E-state index in [4.69, 9.17) is 20.6 Å². The molecule has 1 unspecified atom stereocenters. The predicted octanol–water partition coefficient (Wildman–Crippen LogP) is 4.92. The Balaban J connectivity index is 1.85. The fraction of sp³-hybridized carbons (Fsp3) is 0.415. The highest BCUT2D eigenvalue weighted by atomic mass is 16.5. The SMILES string of the molecule is CO[C@H]1C=CC=C(C)C(=O)N(CC(=O)c2cccc3ccccc23)C2=CC(=O)C(=N)C(C[C@@H](C)C[C@H](OC)[C@H](O)[C@@H](C)C=C(C)[C@@H]1CC(N)=O)C2=O. The van der Waals surface area contributed by atoms with Crippen molar-refractivity contribution in [3.8, 4) is 0 Å². The van der Waals surface area contributed by atoms with E-state index in [0.29, 0.717) is 10.9 Å². The molecule has 0 aromatic heterocycles. The second-order valence-corrected chi connectivity index (χ2v) is 13.9. The van der Waals surface area contributed by atoms with Crippen LogP contribution in [-0.2, 0) is 28.7 Å². The quantitative estimate of drug-likeness (QED) is 0.268. The van der Waals surface area contributed by atoms with Gasteiger partial charge in [0.15, 0.2) is 11.6 Å². The molecule has 1 aliphatic heterocycles. The van der Waals surface area contributed by atoms with Crippen molar-refractivity contribution in [3.05, 3.63) is 95.3 Å². The van der Waals surface area contributed by atoms with Crippen LogP contribution in [0.3, 0.4) is 0 Å². The van der Waals surface area contributed by atoms with E-state index in [-0.39, 0.29) is 36.5 Å². The molecule has 0 radical (unpaired) electrons. The number of allylic oxidation sites excluding steroid dienone is 4. The highest BCUT2D eigenvalue weighted by molar-refractivity contribution is 6.50. The van der Waals surface area contributed by atoms with Crippen LogP contribution in [0.15, 0.2) is 89.7 Å². The number of benzene rings is 2. The molecular weight excluding hydrogens is 662 g/mol. The Morgan fingerprint density at radius 1 is 1.00 bits per heavy atom. The van der Waals surface area contributed by atoms with Crippen LogP contribution >= 0.6 is 0 Å². The third-order valence-electron chi connectivity index (χ3n) is 10.1. The molecule has 276 valence electrons. The first-order valence-corrected chi connectivity index (χ1v) is 17.4. The van der Waals surface area contributed by atoms with E-state index < -0.39 is 77.5 Å². The van der Waals surface area contributed by atoms with Gasteiger partial charge in [0.1, 0.15) is 0 Å². The Kier molecular flexibility index (Phi) is 13.5. The number of fused-ring (bicyclic) bond motifs is 3. The minimum absolute atomic E-state index is 0.0396. The van der Waals surface area contributed by atoms with E-state index in [9.17, 15) is 29.1 Å². The van der Waals surface area contributed by atoms with Gasteiger partial charge in [0, 0.05) is 49.7 Å². The summed E-state index contributed by atoms with van der Waals surface area (Å²) in [6.07, 6.45) is 5.61. The van der Waals surface area contributed by atoms with Crippen LogP contribution in [0.1, 0.15) is 57.3 Å². The van der Waals surface area contributed by atoms with Crippen molar-refractivity contribution >= 4 is 45.6 Å². The lowest BCUT2D eigenvalue weighted by Crippen LogP contribution is -2.45. The minimum Gasteiger partial charge on any atom is -0.390 e. The van der Waals surface area contributed by atoms with Gasteiger partial charge in [0.25, 0.3) is 5.91 Å². The Labute approximate surface area is 304 Å².